The molecular formula is C16H16F3NO. The van der Waals surface area contributed by atoms with Crippen LogP contribution >= 0.6 is 0 Å². The Kier molecular flexibility index (Phi) is 4.53. The third-order valence-corrected chi connectivity index (χ3v) is 3.21. The van der Waals surface area contributed by atoms with Crippen molar-refractivity contribution < 1.29 is 17.9 Å². The van der Waals surface area contributed by atoms with Crippen LogP contribution in [-0.2, 0) is 6.18 Å². The normalized spacial score (nSPS) is 13.0. The van der Waals surface area contributed by atoms with Gasteiger partial charge < -0.3 is 10.5 Å². The van der Waals surface area contributed by atoms with Crippen LogP contribution < -0.4 is 10.5 Å². The summed E-state index contributed by atoms with van der Waals surface area (Å²) >= 11 is 0. The number of halogens is 3. The summed E-state index contributed by atoms with van der Waals surface area (Å²) in [5, 5.41) is 0. The van der Waals surface area contributed by atoms with Crippen LogP contribution in [0.15, 0.2) is 48.5 Å². The molecule has 0 spiro atoms. The fourth-order valence-electron chi connectivity index (χ4n) is 2.07. The molecule has 0 aliphatic rings. The molecule has 1 unspecified atom stereocenters. The lowest BCUT2D eigenvalue weighted by atomic mass is 10.0. The molecule has 2 rings (SSSR count). The molecule has 0 heterocycles. The Labute approximate surface area is 121 Å². The van der Waals surface area contributed by atoms with E-state index in [0.29, 0.717) is 5.75 Å². The molecule has 0 amide bonds. The van der Waals surface area contributed by atoms with Crippen molar-refractivity contribution in [3.05, 3.63) is 65.2 Å². The van der Waals surface area contributed by atoms with Gasteiger partial charge in [-0.2, -0.15) is 13.2 Å². The molecule has 0 fully saturated rings. The Hall–Kier alpha value is -2.01. The number of alkyl halides is 3. The number of nitrogens with two attached hydrogens (primary N) is 1. The van der Waals surface area contributed by atoms with Crippen molar-refractivity contribution in [2.75, 3.05) is 6.54 Å². The van der Waals surface area contributed by atoms with E-state index in [9.17, 15) is 13.2 Å². The Morgan fingerprint density at radius 2 is 1.67 bits per heavy atom. The molecule has 0 aliphatic heterocycles. The maximum absolute atomic E-state index is 12.5. The second-order valence-corrected chi connectivity index (χ2v) is 4.72. The molecule has 2 aromatic carbocycles. The summed E-state index contributed by atoms with van der Waals surface area (Å²) in [6.45, 7) is 2.18. The first-order valence-electron chi connectivity index (χ1n) is 6.51. The van der Waals surface area contributed by atoms with Gasteiger partial charge in [-0.05, 0) is 42.3 Å². The SMILES string of the molecule is Cc1ccccc1C(CN)Oc1ccc(C(F)(F)F)cc1. The van der Waals surface area contributed by atoms with Crippen molar-refractivity contribution in [1.82, 2.24) is 0 Å². The van der Waals surface area contributed by atoms with Crippen molar-refractivity contribution >= 4 is 0 Å². The predicted octanol–water partition coefficient (Wildman–Crippen LogP) is 4.09. The number of rotatable bonds is 4. The molecule has 2 aromatic rings. The van der Waals surface area contributed by atoms with Crippen LogP contribution in [0.5, 0.6) is 5.75 Å². The van der Waals surface area contributed by atoms with E-state index in [4.69, 9.17) is 10.5 Å². The lowest BCUT2D eigenvalue weighted by Crippen LogP contribution is -2.19. The Morgan fingerprint density at radius 1 is 1.05 bits per heavy atom. The zero-order valence-electron chi connectivity index (χ0n) is 11.5. The maximum atomic E-state index is 12.5. The molecule has 0 bridgehead atoms. The van der Waals surface area contributed by atoms with Gasteiger partial charge in [0.2, 0.25) is 0 Å². The average Bonchev–Trinajstić information content (AvgIpc) is 2.45. The van der Waals surface area contributed by atoms with Crippen molar-refractivity contribution in [3.8, 4) is 5.75 Å². The van der Waals surface area contributed by atoms with E-state index in [1.807, 2.05) is 31.2 Å². The van der Waals surface area contributed by atoms with Gasteiger partial charge in [-0.1, -0.05) is 24.3 Å². The van der Waals surface area contributed by atoms with E-state index in [0.717, 1.165) is 23.3 Å². The van der Waals surface area contributed by atoms with Gasteiger partial charge in [0.25, 0.3) is 0 Å². The minimum atomic E-state index is -4.35. The van der Waals surface area contributed by atoms with Crippen LogP contribution in [0.2, 0.25) is 0 Å². The van der Waals surface area contributed by atoms with E-state index in [1.54, 1.807) is 0 Å². The predicted molar refractivity (Wildman–Crippen MR) is 75.0 cm³/mol. The summed E-state index contributed by atoms with van der Waals surface area (Å²) in [4.78, 5) is 0. The second-order valence-electron chi connectivity index (χ2n) is 4.72. The third-order valence-electron chi connectivity index (χ3n) is 3.21. The lowest BCUT2D eigenvalue weighted by molar-refractivity contribution is -0.137. The van der Waals surface area contributed by atoms with Crippen LogP contribution in [0.4, 0.5) is 13.2 Å². The van der Waals surface area contributed by atoms with Crippen LogP contribution in [0.25, 0.3) is 0 Å². The summed E-state index contributed by atoms with van der Waals surface area (Å²) < 4.78 is 43.2. The molecule has 21 heavy (non-hydrogen) atoms. The Bertz CT molecular complexity index is 593. The standard InChI is InChI=1S/C16H16F3NO/c1-11-4-2-3-5-14(11)15(10-20)21-13-8-6-12(7-9-13)16(17,18)19/h2-9,15H,10,20H2,1H3. The van der Waals surface area contributed by atoms with Crippen molar-refractivity contribution in [2.24, 2.45) is 5.73 Å². The number of hydrogen-bond acceptors (Lipinski definition) is 2. The van der Waals surface area contributed by atoms with E-state index < -0.39 is 11.7 Å². The molecule has 112 valence electrons. The first-order valence-corrected chi connectivity index (χ1v) is 6.51. The summed E-state index contributed by atoms with van der Waals surface area (Å²) in [5.41, 5.74) is 6.97. The number of ether oxygens (including phenoxy) is 1. The Morgan fingerprint density at radius 3 is 2.19 bits per heavy atom. The highest BCUT2D eigenvalue weighted by Crippen LogP contribution is 2.31. The fourth-order valence-corrected chi connectivity index (χ4v) is 2.07. The molecule has 2 N–H and O–H groups in total. The largest absolute Gasteiger partial charge is 0.484 e. The van der Waals surface area contributed by atoms with Gasteiger partial charge in [-0.3, -0.25) is 0 Å². The van der Waals surface area contributed by atoms with Gasteiger partial charge in [0.1, 0.15) is 11.9 Å². The van der Waals surface area contributed by atoms with Gasteiger partial charge in [0.05, 0.1) is 5.56 Å². The molecular weight excluding hydrogens is 279 g/mol. The highest BCUT2D eigenvalue weighted by molar-refractivity contribution is 5.32. The first kappa shape index (κ1) is 15.4. The van der Waals surface area contributed by atoms with Crippen molar-refractivity contribution in [1.29, 1.82) is 0 Å². The monoisotopic (exact) mass is 295 g/mol. The molecule has 0 aliphatic carbocycles. The topological polar surface area (TPSA) is 35.2 Å². The molecule has 0 aromatic heterocycles. The van der Waals surface area contributed by atoms with E-state index in [-0.39, 0.29) is 12.6 Å². The molecule has 0 saturated carbocycles. The van der Waals surface area contributed by atoms with E-state index in [2.05, 4.69) is 0 Å². The van der Waals surface area contributed by atoms with Crippen LogP contribution in [0.3, 0.4) is 0 Å². The highest BCUT2D eigenvalue weighted by atomic mass is 19.4. The minimum absolute atomic E-state index is 0.242. The Balaban J connectivity index is 2.18. The van der Waals surface area contributed by atoms with E-state index >= 15 is 0 Å². The molecule has 0 saturated heterocycles. The van der Waals surface area contributed by atoms with Gasteiger partial charge in [0.15, 0.2) is 0 Å². The average molecular weight is 295 g/mol. The second kappa shape index (κ2) is 6.18. The molecule has 1 atom stereocenters. The highest BCUT2D eigenvalue weighted by Gasteiger charge is 2.30. The van der Waals surface area contributed by atoms with Crippen molar-refractivity contribution in [3.63, 3.8) is 0 Å². The lowest BCUT2D eigenvalue weighted by Gasteiger charge is -2.20. The number of benzene rings is 2. The quantitative estimate of drug-likeness (QED) is 0.922. The fraction of sp³-hybridized carbons (Fsp3) is 0.250. The van der Waals surface area contributed by atoms with Crippen LogP contribution in [0, 0.1) is 6.92 Å². The zero-order chi connectivity index (χ0) is 15.5. The molecule has 5 heteroatoms. The minimum Gasteiger partial charge on any atom is -0.484 e. The third kappa shape index (κ3) is 3.76. The van der Waals surface area contributed by atoms with Gasteiger partial charge in [-0.15, -0.1) is 0 Å². The van der Waals surface area contributed by atoms with Crippen LogP contribution in [-0.4, -0.2) is 6.54 Å². The van der Waals surface area contributed by atoms with Crippen LogP contribution in [0.1, 0.15) is 22.8 Å². The number of aryl methyl sites for hydroxylation is 1. The summed E-state index contributed by atoms with van der Waals surface area (Å²) in [6, 6.07) is 12.2. The smallest absolute Gasteiger partial charge is 0.416 e. The van der Waals surface area contributed by atoms with Crippen molar-refractivity contribution in [2.45, 2.75) is 19.2 Å². The summed E-state index contributed by atoms with van der Waals surface area (Å²) in [6.07, 6.45) is -4.73. The van der Waals surface area contributed by atoms with Gasteiger partial charge >= 0.3 is 6.18 Å². The van der Waals surface area contributed by atoms with Gasteiger partial charge in [-0.25, -0.2) is 0 Å². The first-order chi connectivity index (χ1) is 9.91. The van der Waals surface area contributed by atoms with Gasteiger partial charge in [0, 0.05) is 6.54 Å². The number of hydrogen-bond donors (Lipinski definition) is 1. The molecule has 2 nitrogen and oxygen atoms in total. The molecule has 0 radical (unpaired) electrons. The zero-order valence-corrected chi connectivity index (χ0v) is 11.5. The summed E-state index contributed by atoms with van der Waals surface area (Å²) in [5.74, 6) is 0.363. The van der Waals surface area contributed by atoms with E-state index in [1.165, 1.54) is 12.1 Å². The summed E-state index contributed by atoms with van der Waals surface area (Å²) in [7, 11) is 0. The maximum Gasteiger partial charge on any atom is 0.416 e.